The van der Waals surface area contributed by atoms with Crippen LogP contribution < -0.4 is 0 Å². The van der Waals surface area contributed by atoms with Crippen LogP contribution in [-0.2, 0) is 0 Å². The quantitative estimate of drug-likeness (QED) is 0.371. The van der Waals surface area contributed by atoms with Gasteiger partial charge in [-0.15, -0.1) is 0 Å². The predicted octanol–water partition coefficient (Wildman–Crippen LogP) is 6.70. The summed E-state index contributed by atoms with van der Waals surface area (Å²) in [6.45, 7) is 0. The van der Waals surface area contributed by atoms with Gasteiger partial charge in [-0.05, 0) is 66.2 Å². The van der Waals surface area contributed by atoms with Gasteiger partial charge in [0, 0.05) is 16.8 Å². The third kappa shape index (κ3) is 4.13. The van der Waals surface area contributed by atoms with E-state index < -0.39 is 0 Å². The summed E-state index contributed by atoms with van der Waals surface area (Å²) in [7, 11) is 0. The molecule has 0 fully saturated rings. The van der Waals surface area contributed by atoms with Crippen molar-refractivity contribution in [2.75, 3.05) is 0 Å². The molecule has 0 unspecified atom stereocenters. The topological polar surface area (TPSA) is 38.4 Å². The van der Waals surface area contributed by atoms with E-state index in [0.29, 0.717) is 22.0 Å². The first kappa shape index (κ1) is 17.2. The number of benzene rings is 3. The zero-order chi connectivity index (χ0) is 18.6. The average molecular weight is 377 g/mol. The largest absolute Gasteiger partial charge is 0.436 e. The van der Waals surface area contributed by atoms with Gasteiger partial charge in [-0.3, -0.25) is 4.99 Å². The van der Waals surface area contributed by atoms with E-state index in [-0.39, 0.29) is 5.82 Å². The molecule has 0 radical (unpaired) electrons. The van der Waals surface area contributed by atoms with Crippen LogP contribution in [0.3, 0.4) is 0 Å². The molecule has 3 aromatic carbocycles. The van der Waals surface area contributed by atoms with Crippen LogP contribution in [0.4, 0.5) is 10.1 Å². The normalized spacial score (nSPS) is 11.8. The second-order valence-corrected chi connectivity index (χ2v) is 6.30. The number of hydrogen-bond acceptors (Lipinski definition) is 3. The number of hydrogen-bond donors (Lipinski definition) is 0. The van der Waals surface area contributed by atoms with Crippen LogP contribution in [0.5, 0.6) is 0 Å². The monoisotopic (exact) mass is 376 g/mol. The molecule has 3 nitrogen and oxygen atoms in total. The molecule has 0 spiro atoms. The summed E-state index contributed by atoms with van der Waals surface area (Å²) in [5, 5.41) is 0.710. The van der Waals surface area contributed by atoms with Gasteiger partial charge in [-0.25, -0.2) is 9.37 Å². The Kier molecular flexibility index (Phi) is 4.81. The minimum atomic E-state index is -0.293. The lowest BCUT2D eigenvalue weighted by Crippen LogP contribution is -1.78. The highest BCUT2D eigenvalue weighted by molar-refractivity contribution is 6.30. The van der Waals surface area contributed by atoms with Crippen molar-refractivity contribution in [2.45, 2.75) is 0 Å². The fourth-order valence-corrected chi connectivity index (χ4v) is 2.70. The average Bonchev–Trinajstić information content (AvgIpc) is 3.10. The van der Waals surface area contributed by atoms with Crippen LogP contribution in [0.25, 0.3) is 28.6 Å². The maximum atomic E-state index is 13.1. The van der Waals surface area contributed by atoms with E-state index >= 15 is 0 Å². The summed E-state index contributed by atoms with van der Waals surface area (Å²) in [5.41, 5.74) is 3.89. The van der Waals surface area contributed by atoms with Crippen molar-refractivity contribution >= 4 is 40.7 Å². The van der Waals surface area contributed by atoms with Crippen molar-refractivity contribution in [3.63, 3.8) is 0 Å². The Labute approximate surface area is 160 Å². The molecule has 0 saturated carbocycles. The van der Waals surface area contributed by atoms with Gasteiger partial charge in [0.15, 0.2) is 5.58 Å². The number of fused-ring (bicyclic) bond motifs is 1. The maximum absolute atomic E-state index is 13.1. The van der Waals surface area contributed by atoms with Crippen molar-refractivity contribution in [2.24, 2.45) is 4.99 Å². The third-order valence-corrected chi connectivity index (χ3v) is 4.18. The molecule has 0 bridgehead atoms. The Balaban J connectivity index is 1.52. The van der Waals surface area contributed by atoms with Crippen LogP contribution in [0.1, 0.15) is 5.56 Å². The van der Waals surface area contributed by atoms with Gasteiger partial charge in [0.2, 0.25) is 5.89 Å². The summed E-state index contributed by atoms with van der Waals surface area (Å²) < 4.78 is 18.8. The molecule has 0 N–H and O–H groups in total. The molecule has 5 heteroatoms. The number of halogens is 2. The molecule has 0 atom stereocenters. The van der Waals surface area contributed by atoms with E-state index in [1.807, 2.05) is 54.6 Å². The highest BCUT2D eigenvalue weighted by Gasteiger charge is 2.08. The van der Waals surface area contributed by atoms with Crippen molar-refractivity contribution < 1.29 is 8.81 Å². The molecule has 1 heterocycles. The number of rotatable bonds is 4. The number of nitrogens with zero attached hydrogens (tertiary/aromatic N) is 2. The lowest BCUT2D eigenvalue weighted by atomic mass is 10.2. The predicted molar refractivity (Wildman–Crippen MR) is 108 cm³/mol. The van der Waals surface area contributed by atoms with Crippen molar-refractivity contribution in [1.82, 2.24) is 4.98 Å². The molecule has 4 rings (SSSR count). The summed E-state index contributed by atoms with van der Waals surface area (Å²) >= 11 is 5.87. The van der Waals surface area contributed by atoms with E-state index in [0.717, 1.165) is 16.8 Å². The molecular formula is C22H14ClFN2O. The second-order valence-electron chi connectivity index (χ2n) is 5.87. The van der Waals surface area contributed by atoms with Gasteiger partial charge >= 0.3 is 0 Å². The summed E-state index contributed by atoms with van der Waals surface area (Å²) in [5.74, 6) is 0.159. The molecule has 4 aromatic rings. The first-order chi connectivity index (χ1) is 13.2. The first-order valence-electron chi connectivity index (χ1n) is 8.30. The Hall–Kier alpha value is -3.24. The smallest absolute Gasteiger partial charge is 0.227 e. The molecule has 132 valence electrons. The number of oxazole rings is 1. The van der Waals surface area contributed by atoms with Gasteiger partial charge in [-0.2, -0.15) is 0 Å². The molecular weight excluding hydrogens is 363 g/mol. The minimum Gasteiger partial charge on any atom is -0.436 e. The van der Waals surface area contributed by atoms with Crippen molar-refractivity contribution in [1.29, 1.82) is 0 Å². The lowest BCUT2D eigenvalue weighted by Gasteiger charge is -1.93. The van der Waals surface area contributed by atoms with E-state index in [4.69, 9.17) is 16.0 Å². The van der Waals surface area contributed by atoms with Gasteiger partial charge in [0.25, 0.3) is 0 Å². The van der Waals surface area contributed by atoms with Crippen LogP contribution >= 0.6 is 11.6 Å². The number of aromatic nitrogens is 1. The fraction of sp³-hybridized carbons (Fsp3) is 0. The van der Waals surface area contributed by atoms with Gasteiger partial charge in [0.1, 0.15) is 11.3 Å². The molecule has 0 aliphatic carbocycles. The van der Waals surface area contributed by atoms with Crippen LogP contribution in [-0.4, -0.2) is 11.2 Å². The molecule has 0 aliphatic rings. The van der Waals surface area contributed by atoms with E-state index in [1.54, 1.807) is 18.3 Å². The molecule has 1 aromatic heterocycles. The molecule has 0 saturated heterocycles. The van der Waals surface area contributed by atoms with Gasteiger partial charge in [0.05, 0.1) is 5.69 Å². The highest BCUT2D eigenvalue weighted by atomic mass is 35.5. The van der Waals surface area contributed by atoms with Crippen molar-refractivity contribution in [3.8, 4) is 11.5 Å². The van der Waals surface area contributed by atoms with E-state index in [9.17, 15) is 4.39 Å². The van der Waals surface area contributed by atoms with Gasteiger partial charge in [-0.1, -0.05) is 29.8 Å². The second kappa shape index (κ2) is 7.56. The van der Waals surface area contributed by atoms with Crippen LogP contribution in [0.2, 0.25) is 5.02 Å². The van der Waals surface area contributed by atoms with E-state index in [2.05, 4.69) is 9.98 Å². The van der Waals surface area contributed by atoms with Gasteiger partial charge < -0.3 is 4.42 Å². The number of allylic oxidation sites excluding steroid dienone is 1. The van der Waals surface area contributed by atoms with E-state index in [1.165, 1.54) is 12.1 Å². The SMILES string of the molecule is Fc1ccc(-c2nc3cc(N=C/C=C/c4ccc(Cl)cc4)ccc3o2)cc1. The van der Waals surface area contributed by atoms with Crippen molar-refractivity contribution in [3.05, 3.63) is 89.2 Å². The first-order valence-corrected chi connectivity index (χ1v) is 8.68. The highest BCUT2D eigenvalue weighted by Crippen LogP contribution is 2.27. The summed E-state index contributed by atoms with van der Waals surface area (Å²) in [6, 6.07) is 19.1. The Bertz CT molecular complexity index is 1130. The van der Waals surface area contributed by atoms with Crippen LogP contribution in [0.15, 0.2) is 82.2 Å². The zero-order valence-corrected chi connectivity index (χ0v) is 14.9. The number of aliphatic imine (C=N–C) groups is 1. The standard InChI is InChI=1S/C22H14ClFN2O/c23-17-7-3-15(4-8-17)2-1-13-25-19-11-12-21-20(14-19)26-22(27-21)16-5-9-18(24)10-6-16/h1-14H/b2-1+,25-13?. The third-order valence-electron chi connectivity index (χ3n) is 3.93. The summed E-state index contributed by atoms with van der Waals surface area (Å²) in [4.78, 5) is 8.88. The molecule has 27 heavy (non-hydrogen) atoms. The lowest BCUT2D eigenvalue weighted by molar-refractivity contribution is 0.616. The molecule has 0 aliphatic heterocycles. The maximum Gasteiger partial charge on any atom is 0.227 e. The Morgan fingerprint density at radius 2 is 1.74 bits per heavy atom. The summed E-state index contributed by atoms with van der Waals surface area (Å²) in [6.07, 6.45) is 5.53. The minimum absolute atomic E-state index is 0.293. The van der Waals surface area contributed by atoms with Crippen LogP contribution in [0, 0.1) is 5.82 Å². The zero-order valence-electron chi connectivity index (χ0n) is 14.1. The fourth-order valence-electron chi connectivity index (χ4n) is 2.57. The Morgan fingerprint density at radius 1 is 0.963 bits per heavy atom. The molecule has 0 amide bonds. The Morgan fingerprint density at radius 3 is 2.52 bits per heavy atom.